The number of benzene rings is 1. The highest BCUT2D eigenvalue weighted by Gasteiger charge is 2.38. The van der Waals surface area contributed by atoms with E-state index in [9.17, 15) is 18.8 Å². The van der Waals surface area contributed by atoms with Crippen LogP contribution in [0.3, 0.4) is 0 Å². The van der Waals surface area contributed by atoms with Crippen molar-refractivity contribution in [1.29, 1.82) is 0 Å². The molecule has 7 heteroatoms. The molecule has 2 fully saturated rings. The van der Waals surface area contributed by atoms with Crippen LogP contribution in [0, 0.1) is 11.7 Å². The second-order valence-corrected chi connectivity index (χ2v) is 7.44. The fraction of sp³-hybridized carbons (Fsp3) is 0.550. The molecule has 27 heavy (non-hydrogen) atoms. The second kappa shape index (κ2) is 8.50. The van der Waals surface area contributed by atoms with E-state index in [0.717, 1.165) is 25.7 Å². The first-order valence-electron chi connectivity index (χ1n) is 9.61. The lowest BCUT2D eigenvalue weighted by Crippen LogP contribution is -2.45. The third-order valence-electron chi connectivity index (χ3n) is 5.43. The number of carbonyl (C=O) groups excluding carboxylic acids is 3. The van der Waals surface area contributed by atoms with Crippen molar-refractivity contribution in [3.8, 4) is 0 Å². The van der Waals surface area contributed by atoms with Gasteiger partial charge in [-0.25, -0.2) is 4.39 Å². The van der Waals surface area contributed by atoms with Crippen LogP contribution < -0.4 is 10.6 Å². The summed E-state index contributed by atoms with van der Waals surface area (Å²) in [6.45, 7) is 1.96. The highest BCUT2D eigenvalue weighted by atomic mass is 19.1. The lowest BCUT2D eigenvalue weighted by molar-refractivity contribution is -0.131. The lowest BCUT2D eigenvalue weighted by atomic mass is 9.94. The minimum atomic E-state index is -0.823. The summed E-state index contributed by atoms with van der Waals surface area (Å²) >= 11 is 0. The molecule has 6 nitrogen and oxygen atoms in total. The quantitative estimate of drug-likeness (QED) is 0.830. The van der Waals surface area contributed by atoms with Gasteiger partial charge in [0.1, 0.15) is 11.9 Å². The fourth-order valence-corrected chi connectivity index (χ4v) is 3.85. The molecule has 1 aromatic carbocycles. The summed E-state index contributed by atoms with van der Waals surface area (Å²) in [4.78, 5) is 38.9. The lowest BCUT2D eigenvalue weighted by Gasteiger charge is -2.31. The van der Waals surface area contributed by atoms with Crippen LogP contribution in [0.5, 0.6) is 0 Å². The average Bonchev–Trinajstić information content (AvgIpc) is 3.06. The van der Waals surface area contributed by atoms with Gasteiger partial charge >= 0.3 is 0 Å². The summed E-state index contributed by atoms with van der Waals surface area (Å²) in [5.74, 6) is -1.76. The van der Waals surface area contributed by atoms with Crippen LogP contribution in [0.2, 0.25) is 0 Å². The molecular weight excluding hydrogens is 349 g/mol. The van der Waals surface area contributed by atoms with Crippen LogP contribution in [0.15, 0.2) is 24.3 Å². The number of anilines is 1. The highest BCUT2D eigenvalue weighted by Crippen LogP contribution is 2.28. The number of nitrogens with one attached hydrogen (secondary N) is 2. The van der Waals surface area contributed by atoms with Gasteiger partial charge in [-0.05, 0) is 31.9 Å². The first kappa shape index (κ1) is 19.3. The Balaban J connectivity index is 1.53. The SMILES string of the molecule is CC(NC(=O)C1CC(=O)N(C2CCCCC2)C1)C(=O)Nc1ccccc1F. The number of hydrogen-bond donors (Lipinski definition) is 2. The summed E-state index contributed by atoms with van der Waals surface area (Å²) in [6.07, 6.45) is 5.64. The minimum absolute atomic E-state index is 0.0190. The molecule has 1 aromatic rings. The number of carbonyl (C=O) groups is 3. The fourth-order valence-electron chi connectivity index (χ4n) is 3.85. The third-order valence-corrected chi connectivity index (χ3v) is 5.43. The van der Waals surface area contributed by atoms with E-state index in [4.69, 9.17) is 0 Å². The zero-order chi connectivity index (χ0) is 19.4. The normalized spacial score (nSPS) is 21.8. The predicted octanol–water partition coefficient (Wildman–Crippen LogP) is 2.45. The van der Waals surface area contributed by atoms with E-state index in [1.165, 1.54) is 24.6 Å². The molecule has 146 valence electrons. The molecule has 3 amide bonds. The van der Waals surface area contributed by atoms with E-state index in [-0.39, 0.29) is 30.0 Å². The third kappa shape index (κ3) is 4.64. The minimum Gasteiger partial charge on any atom is -0.344 e. The molecule has 0 aromatic heterocycles. The molecule has 1 aliphatic carbocycles. The van der Waals surface area contributed by atoms with Gasteiger partial charge in [0.15, 0.2) is 0 Å². The van der Waals surface area contributed by atoms with Crippen molar-refractivity contribution in [1.82, 2.24) is 10.2 Å². The van der Waals surface area contributed by atoms with E-state index < -0.39 is 23.7 Å². The van der Waals surface area contributed by atoms with E-state index in [0.29, 0.717) is 6.54 Å². The van der Waals surface area contributed by atoms with Crippen molar-refractivity contribution in [2.75, 3.05) is 11.9 Å². The number of halogens is 1. The number of rotatable bonds is 5. The first-order valence-corrected chi connectivity index (χ1v) is 9.61. The van der Waals surface area contributed by atoms with Gasteiger partial charge in [-0.1, -0.05) is 31.4 Å². The second-order valence-electron chi connectivity index (χ2n) is 7.44. The monoisotopic (exact) mass is 375 g/mol. The number of amides is 3. The molecule has 1 saturated carbocycles. The van der Waals surface area contributed by atoms with Gasteiger partial charge in [0.2, 0.25) is 17.7 Å². The zero-order valence-electron chi connectivity index (χ0n) is 15.5. The summed E-state index contributed by atoms with van der Waals surface area (Å²) in [5, 5.41) is 5.12. The predicted molar refractivity (Wildman–Crippen MR) is 99.3 cm³/mol. The molecule has 1 saturated heterocycles. The van der Waals surface area contributed by atoms with Crippen molar-refractivity contribution in [3.63, 3.8) is 0 Å². The van der Waals surface area contributed by atoms with Crippen molar-refractivity contribution in [2.45, 2.75) is 57.5 Å². The van der Waals surface area contributed by atoms with E-state index in [1.807, 2.05) is 4.90 Å². The van der Waals surface area contributed by atoms with Gasteiger partial charge < -0.3 is 15.5 Å². The maximum Gasteiger partial charge on any atom is 0.246 e. The maximum atomic E-state index is 13.6. The van der Waals surface area contributed by atoms with Crippen LogP contribution >= 0.6 is 0 Å². The van der Waals surface area contributed by atoms with Gasteiger partial charge in [-0.15, -0.1) is 0 Å². The molecule has 2 aliphatic rings. The molecular formula is C20H26FN3O3. The topological polar surface area (TPSA) is 78.5 Å². The van der Waals surface area contributed by atoms with Gasteiger partial charge in [-0.3, -0.25) is 14.4 Å². The van der Waals surface area contributed by atoms with Crippen LogP contribution in [-0.4, -0.2) is 41.2 Å². The van der Waals surface area contributed by atoms with Crippen LogP contribution in [0.4, 0.5) is 10.1 Å². The Labute approximate surface area is 158 Å². The number of likely N-dealkylation sites (tertiary alicyclic amines) is 1. The van der Waals surface area contributed by atoms with E-state index in [1.54, 1.807) is 13.0 Å². The smallest absolute Gasteiger partial charge is 0.246 e. The maximum absolute atomic E-state index is 13.6. The number of para-hydroxylation sites is 1. The van der Waals surface area contributed by atoms with E-state index >= 15 is 0 Å². The van der Waals surface area contributed by atoms with Crippen molar-refractivity contribution in [3.05, 3.63) is 30.1 Å². The van der Waals surface area contributed by atoms with Gasteiger partial charge in [0.05, 0.1) is 11.6 Å². The van der Waals surface area contributed by atoms with Crippen LogP contribution in [0.25, 0.3) is 0 Å². The largest absolute Gasteiger partial charge is 0.344 e. The molecule has 0 spiro atoms. The Bertz CT molecular complexity index is 718. The summed E-state index contributed by atoms with van der Waals surface area (Å²) in [7, 11) is 0. The summed E-state index contributed by atoms with van der Waals surface area (Å²) in [6, 6.07) is 5.28. The van der Waals surface area contributed by atoms with Crippen molar-refractivity contribution in [2.24, 2.45) is 5.92 Å². The summed E-state index contributed by atoms with van der Waals surface area (Å²) in [5.41, 5.74) is 0.0723. The van der Waals surface area contributed by atoms with Crippen LogP contribution in [-0.2, 0) is 14.4 Å². The highest BCUT2D eigenvalue weighted by molar-refractivity contribution is 5.98. The molecule has 0 bridgehead atoms. The molecule has 2 unspecified atom stereocenters. The molecule has 2 N–H and O–H groups in total. The average molecular weight is 375 g/mol. The Kier molecular flexibility index (Phi) is 6.08. The first-order chi connectivity index (χ1) is 13.0. The van der Waals surface area contributed by atoms with Crippen molar-refractivity contribution < 1.29 is 18.8 Å². The Morgan fingerprint density at radius 1 is 1.19 bits per heavy atom. The van der Waals surface area contributed by atoms with Gasteiger partial charge in [0.25, 0.3) is 0 Å². The molecule has 3 rings (SSSR count). The molecule has 0 radical (unpaired) electrons. The van der Waals surface area contributed by atoms with Crippen molar-refractivity contribution >= 4 is 23.4 Å². The Morgan fingerprint density at radius 2 is 1.89 bits per heavy atom. The zero-order valence-corrected chi connectivity index (χ0v) is 15.5. The summed E-state index contributed by atoms with van der Waals surface area (Å²) < 4.78 is 13.6. The molecule has 2 atom stereocenters. The molecule has 1 aliphatic heterocycles. The standard InChI is InChI=1S/C20H26FN3O3/c1-13(19(26)23-17-10-6-5-9-16(17)21)22-20(27)14-11-18(25)24(12-14)15-7-3-2-4-8-15/h5-6,9-10,13-15H,2-4,7-8,11-12H2,1H3,(H,22,27)(H,23,26). The van der Waals surface area contributed by atoms with Crippen LogP contribution in [0.1, 0.15) is 45.4 Å². The van der Waals surface area contributed by atoms with Gasteiger partial charge in [-0.2, -0.15) is 0 Å². The number of nitrogens with zero attached hydrogens (tertiary/aromatic N) is 1. The Morgan fingerprint density at radius 3 is 2.59 bits per heavy atom. The van der Waals surface area contributed by atoms with Gasteiger partial charge in [0, 0.05) is 19.0 Å². The van der Waals surface area contributed by atoms with E-state index in [2.05, 4.69) is 10.6 Å². The number of hydrogen-bond acceptors (Lipinski definition) is 3. The Hall–Kier alpha value is -2.44. The molecule has 1 heterocycles.